The summed E-state index contributed by atoms with van der Waals surface area (Å²) in [4.78, 5) is 34.0. The maximum Gasteiger partial charge on any atom is 0.350 e. The highest BCUT2D eigenvalue weighted by Crippen LogP contribution is 2.02. The van der Waals surface area contributed by atoms with Crippen molar-refractivity contribution in [1.82, 2.24) is 14.7 Å². The first kappa shape index (κ1) is 10.8. The molecule has 0 aromatic carbocycles. The number of hydrogen-bond acceptors (Lipinski definition) is 6. The Labute approximate surface area is 92.4 Å². The summed E-state index contributed by atoms with van der Waals surface area (Å²) >= 11 is 0. The van der Waals surface area contributed by atoms with Crippen LogP contribution in [-0.4, -0.2) is 19.6 Å². The van der Waals surface area contributed by atoms with E-state index in [0.717, 1.165) is 10.8 Å². The lowest BCUT2D eigenvalue weighted by atomic mass is 10.3. The number of H-pyrrole nitrogens is 1. The second kappa shape index (κ2) is 4.04. The number of aromatic amines is 1. The van der Waals surface area contributed by atoms with Gasteiger partial charge in [-0.1, -0.05) is 5.16 Å². The first-order chi connectivity index (χ1) is 8.08. The molecule has 0 aliphatic rings. The van der Waals surface area contributed by atoms with Crippen LogP contribution in [0.25, 0.3) is 0 Å². The maximum atomic E-state index is 11.4. The molecular weight excluding hydrogens is 232 g/mol. The summed E-state index contributed by atoms with van der Waals surface area (Å²) in [5.74, 6) is 0. The molecule has 9 heteroatoms. The van der Waals surface area contributed by atoms with Crippen LogP contribution in [0.5, 0.6) is 0 Å². The van der Waals surface area contributed by atoms with Crippen LogP contribution < -0.4 is 11.2 Å². The summed E-state index contributed by atoms with van der Waals surface area (Å²) in [5.41, 5.74) is -1.90. The number of hydrogen-bond donors (Lipinski definition) is 1. The second-order valence-corrected chi connectivity index (χ2v) is 3.19. The fourth-order valence-electron chi connectivity index (χ4n) is 1.25. The SMILES string of the molecule is O=c1[nH]c(=O)n(Cc2cnoc2)cc1[N+](=O)[O-]. The van der Waals surface area contributed by atoms with Gasteiger partial charge in [-0.15, -0.1) is 0 Å². The fraction of sp³-hybridized carbons (Fsp3) is 0.125. The molecule has 0 spiro atoms. The van der Waals surface area contributed by atoms with Gasteiger partial charge in [0.05, 0.1) is 23.9 Å². The van der Waals surface area contributed by atoms with Crippen molar-refractivity contribution >= 4 is 5.69 Å². The minimum Gasteiger partial charge on any atom is -0.364 e. The van der Waals surface area contributed by atoms with Crippen molar-refractivity contribution in [3.8, 4) is 0 Å². The monoisotopic (exact) mass is 238 g/mol. The topological polar surface area (TPSA) is 124 Å². The third-order valence-corrected chi connectivity index (χ3v) is 2.03. The molecule has 0 aliphatic carbocycles. The Bertz CT molecular complexity index is 653. The summed E-state index contributed by atoms with van der Waals surface area (Å²) in [6, 6.07) is 0. The molecule has 0 amide bonds. The zero-order valence-corrected chi connectivity index (χ0v) is 8.32. The minimum absolute atomic E-state index is 0.0277. The molecular formula is C8H6N4O5. The minimum atomic E-state index is -1.03. The largest absolute Gasteiger partial charge is 0.364 e. The maximum absolute atomic E-state index is 11.4. The van der Waals surface area contributed by atoms with Crippen molar-refractivity contribution in [3.05, 3.63) is 55.2 Å². The van der Waals surface area contributed by atoms with E-state index in [2.05, 4.69) is 9.68 Å². The van der Waals surface area contributed by atoms with Crippen LogP contribution in [0.1, 0.15) is 5.56 Å². The van der Waals surface area contributed by atoms with Crippen LogP contribution in [0.3, 0.4) is 0 Å². The highest BCUT2D eigenvalue weighted by Gasteiger charge is 2.15. The van der Waals surface area contributed by atoms with E-state index in [0.29, 0.717) is 5.56 Å². The van der Waals surface area contributed by atoms with Crippen LogP contribution >= 0.6 is 0 Å². The molecule has 2 rings (SSSR count). The second-order valence-electron chi connectivity index (χ2n) is 3.19. The molecule has 17 heavy (non-hydrogen) atoms. The van der Waals surface area contributed by atoms with Crippen LogP contribution in [-0.2, 0) is 6.54 Å². The Morgan fingerprint density at radius 3 is 2.88 bits per heavy atom. The summed E-state index contributed by atoms with van der Waals surface area (Å²) in [5, 5.41) is 14.0. The van der Waals surface area contributed by atoms with E-state index >= 15 is 0 Å². The Morgan fingerprint density at radius 1 is 1.53 bits per heavy atom. The summed E-state index contributed by atoms with van der Waals surface area (Å²) in [6.45, 7) is 0.0277. The third kappa shape index (κ3) is 2.12. The van der Waals surface area contributed by atoms with E-state index in [4.69, 9.17) is 0 Å². The summed E-state index contributed by atoms with van der Waals surface area (Å²) in [7, 11) is 0. The van der Waals surface area contributed by atoms with Crippen LogP contribution in [0.2, 0.25) is 0 Å². The predicted octanol–water partition coefficient (Wildman–Crippen LogP) is -0.519. The van der Waals surface area contributed by atoms with Crippen LogP contribution in [0, 0.1) is 10.1 Å². The van der Waals surface area contributed by atoms with Crippen molar-refractivity contribution in [2.24, 2.45) is 0 Å². The normalized spacial score (nSPS) is 10.4. The Hall–Kier alpha value is -2.71. The van der Waals surface area contributed by atoms with Crippen LogP contribution in [0.15, 0.2) is 32.8 Å². The highest BCUT2D eigenvalue weighted by molar-refractivity contribution is 5.21. The smallest absolute Gasteiger partial charge is 0.350 e. The Morgan fingerprint density at radius 2 is 2.29 bits per heavy atom. The number of nitrogens with zero attached hydrogens (tertiary/aromatic N) is 3. The van der Waals surface area contributed by atoms with Gasteiger partial charge in [-0.2, -0.15) is 0 Å². The Balaban J connectivity index is 2.47. The molecule has 2 heterocycles. The standard InChI is InChI=1S/C8H6N4O5/c13-7-6(12(15)16)3-11(8(14)10-7)2-5-1-9-17-4-5/h1,3-4H,2H2,(H,10,13,14). The van der Waals surface area contributed by atoms with E-state index in [1.165, 1.54) is 12.5 Å². The highest BCUT2D eigenvalue weighted by atomic mass is 16.6. The quantitative estimate of drug-likeness (QED) is 0.566. The van der Waals surface area contributed by atoms with Gasteiger partial charge in [0.2, 0.25) is 0 Å². The Kier molecular flexibility index (Phi) is 2.57. The van der Waals surface area contributed by atoms with Crippen LogP contribution in [0.4, 0.5) is 5.69 Å². The number of aromatic nitrogens is 3. The summed E-state index contributed by atoms with van der Waals surface area (Å²) < 4.78 is 5.55. The molecule has 1 N–H and O–H groups in total. The molecule has 2 aromatic heterocycles. The van der Waals surface area contributed by atoms with Crippen molar-refractivity contribution in [2.75, 3.05) is 0 Å². The van der Waals surface area contributed by atoms with Gasteiger partial charge in [0, 0.05) is 5.56 Å². The van der Waals surface area contributed by atoms with E-state index in [-0.39, 0.29) is 6.54 Å². The van der Waals surface area contributed by atoms with E-state index in [9.17, 15) is 19.7 Å². The average Bonchev–Trinajstić information content (AvgIpc) is 2.74. The first-order valence-electron chi connectivity index (χ1n) is 4.44. The van der Waals surface area contributed by atoms with Gasteiger partial charge < -0.3 is 4.52 Å². The fourth-order valence-corrected chi connectivity index (χ4v) is 1.25. The zero-order valence-electron chi connectivity index (χ0n) is 8.32. The van der Waals surface area contributed by atoms with Gasteiger partial charge in [0.15, 0.2) is 0 Å². The molecule has 0 fully saturated rings. The van der Waals surface area contributed by atoms with Crippen molar-refractivity contribution in [1.29, 1.82) is 0 Å². The summed E-state index contributed by atoms with van der Waals surface area (Å²) in [6.07, 6.45) is 3.54. The lowest BCUT2D eigenvalue weighted by molar-refractivity contribution is -0.386. The van der Waals surface area contributed by atoms with Gasteiger partial charge in [0.25, 0.3) is 0 Å². The average molecular weight is 238 g/mol. The van der Waals surface area contributed by atoms with Crippen molar-refractivity contribution in [3.63, 3.8) is 0 Å². The molecule has 0 saturated heterocycles. The molecule has 9 nitrogen and oxygen atoms in total. The zero-order chi connectivity index (χ0) is 12.4. The molecule has 0 radical (unpaired) electrons. The van der Waals surface area contributed by atoms with E-state index in [1.54, 1.807) is 0 Å². The van der Waals surface area contributed by atoms with Gasteiger partial charge in [0.1, 0.15) is 6.26 Å². The number of nitrogens with one attached hydrogen (secondary N) is 1. The molecule has 0 atom stereocenters. The van der Waals surface area contributed by atoms with Crippen molar-refractivity contribution < 1.29 is 9.45 Å². The molecule has 0 saturated carbocycles. The lowest BCUT2D eigenvalue weighted by Gasteiger charge is -2.01. The molecule has 2 aromatic rings. The van der Waals surface area contributed by atoms with Crippen molar-refractivity contribution in [2.45, 2.75) is 6.54 Å². The predicted molar refractivity (Wildman–Crippen MR) is 53.6 cm³/mol. The van der Waals surface area contributed by atoms with E-state index in [1.807, 2.05) is 4.98 Å². The molecule has 0 unspecified atom stereocenters. The molecule has 0 bridgehead atoms. The van der Waals surface area contributed by atoms with Gasteiger partial charge in [-0.05, 0) is 0 Å². The van der Waals surface area contributed by atoms with Gasteiger partial charge in [-0.25, -0.2) is 4.79 Å². The number of rotatable bonds is 3. The third-order valence-electron chi connectivity index (χ3n) is 2.03. The first-order valence-corrected chi connectivity index (χ1v) is 4.44. The number of nitro groups is 1. The van der Waals surface area contributed by atoms with Gasteiger partial charge >= 0.3 is 16.9 Å². The van der Waals surface area contributed by atoms with E-state index < -0.39 is 21.9 Å². The molecule has 88 valence electrons. The van der Waals surface area contributed by atoms with Gasteiger partial charge in [-0.3, -0.25) is 24.5 Å². The lowest BCUT2D eigenvalue weighted by Crippen LogP contribution is -2.31. The molecule has 0 aliphatic heterocycles.